The van der Waals surface area contributed by atoms with Gasteiger partial charge >= 0.3 is 6.36 Å². The molecular weight excluding hydrogens is 239 g/mol. The lowest BCUT2D eigenvalue weighted by atomic mass is 10.3. The van der Waals surface area contributed by atoms with Crippen LogP contribution < -0.4 is 10.5 Å². The van der Waals surface area contributed by atoms with Crippen molar-refractivity contribution in [1.29, 1.82) is 0 Å². The Labute approximate surface area is 95.1 Å². The Kier molecular flexibility index (Phi) is 3.62. The zero-order valence-electron chi connectivity index (χ0n) is 8.82. The van der Waals surface area contributed by atoms with Crippen molar-refractivity contribution in [2.45, 2.75) is 19.1 Å². The maximum absolute atomic E-state index is 12.1. The molecule has 1 rings (SSSR count). The van der Waals surface area contributed by atoms with Gasteiger partial charge in [0.25, 0.3) is 11.7 Å². The first kappa shape index (κ1) is 13.3. The quantitative estimate of drug-likeness (QED) is 0.827. The molecule has 0 aliphatic heterocycles. The van der Waals surface area contributed by atoms with Crippen LogP contribution in [0.25, 0.3) is 0 Å². The molecule has 0 aromatic heterocycles. The second-order valence-electron chi connectivity index (χ2n) is 3.27. The summed E-state index contributed by atoms with van der Waals surface area (Å²) < 4.78 is 44.7. The number of nitrogens with two attached hydrogens (primary N) is 1. The van der Waals surface area contributed by atoms with E-state index >= 15 is 0 Å². The summed E-state index contributed by atoms with van der Waals surface area (Å²) in [6, 6.07) is 7.45. The third kappa shape index (κ3) is 3.95. The van der Waals surface area contributed by atoms with E-state index in [0.717, 1.165) is 6.92 Å². The number of rotatable bonds is 4. The van der Waals surface area contributed by atoms with Crippen molar-refractivity contribution in [3.8, 4) is 5.75 Å². The second-order valence-corrected chi connectivity index (χ2v) is 3.27. The number of halogens is 3. The third-order valence-corrected chi connectivity index (χ3v) is 1.81. The van der Waals surface area contributed by atoms with Crippen LogP contribution in [0, 0.1) is 0 Å². The van der Waals surface area contributed by atoms with Gasteiger partial charge in [-0.05, 0) is 12.1 Å². The molecule has 0 spiro atoms. The number of primary amides is 1. The Hall–Kier alpha value is -1.76. The van der Waals surface area contributed by atoms with E-state index in [2.05, 4.69) is 4.74 Å². The van der Waals surface area contributed by atoms with Crippen LogP contribution in [0.1, 0.15) is 6.92 Å². The molecule has 0 fully saturated rings. The zero-order valence-corrected chi connectivity index (χ0v) is 8.82. The van der Waals surface area contributed by atoms with Gasteiger partial charge in [0, 0.05) is 6.92 Å². The van der Waals surface area contributed by atoms with Crippen molar-refractivity contribution in [2.24, 2.45) is 5.73 Å². The number of hydrogen-bond donors (Lipinski definition) is 1. The van der Waals surface area contributed by atoms with Crippen LogP contribution in [0.3, 0.4) is 0 Å². The summed E-state index contributed by atoms with van der Waals surface area (Å²) in [6.45, 7) is 0.801. The summed E-state index contributed by atoms with van der Waals surface area (Å²) in [4.78, 5) is 11.0. The molecule has 17 heavy (non-hydrogen) atoms. The summed E-state index contributed by atoms with van der Waals surface area (Å²) in [5, 5.41) is 0. The maximum atomic E-state index is 12.1. The molecule has 0 saturated heterocycles. The SMILES string of the molecule is CC(Oc1ccccc1)(OC(F)(F)F)C(N)=O. The van der Waals surface area contributed by atoms with E-state index in [1.807, 2.05) is 0 Å². The van der Waals surface area contributed by atoms with E-state index in [1.54, 1.807) is 6.07 Å². The fraction of sp³-hybridized carbons (Fsp3) is 0.300. The average Bonchev–Trinajstić information content (AvgIpc) is 2.15. The van der Waals surface area contributed by atoms with Crippen LogP contribution in [0.4, 0.5) is 13.2 Å². The summed E-state index contributed by atoms with van der Waals surface area (Å²) in [7, 11) is 0. The van der Waals surface area contributed by atoms with Crippen LogP contribution in [0.15, 0.2) is 30.3 Å². The van der Waals surface area contributed by atoms with Gasteiger partial charge in [0.05, 0.1) is 0 Å². The molecule has 0 heterocycles. The highest BCUT2D eigenvalue weighted by atomic mass is 19.4. The topological polar surface area (TPSA) is 61.6 Å². The zero-order chi connectivity index (χ0) is 13.1. The molecule has 4 nitrogen and oxygen atoms in total. The molecule has 1 aromatic carbocycles. The minimum absolute atomic E-state index is 0.0399. The molecule has 1 amide bonds. The first-order chi connectivity index (χ1) is 7.73. The molecule has 1 unspecified atom stereocenters. The number of para-hydroxylation sites is 1. The van der Waals surface area contributed by atoms with E-state index in [9.17, 15) is 18.0 Å². The number of benzene rings is 1. The molecule has 1 atom stereocenters. The molecule has 0 saturated carbocycles. The first-order valence-corrected chi connectivity index (χ1v) is 4.54. The van der Waals surface area contributed by atoms with Crippen LogP contribution >= 0.6 is 0 Å². The number of hydrogen-bond acceptors (Lipinski definition) is 3. The highest BCUT2D eigenvalue weighted by molar-refractivity contribution is 5.81. The fourth-order valence-electron chi connectivity index (χ4n) is 1.06. The van der Waals surface area contributed by atoms with Crippen LogP contribution in [-0.2, 0) is 9.53 Å². The Balaban J connectivity index is 2.90. The Morgan fingerprint density at radius 3 is 2.18 bits per heavy atom. The van der Waals surface area contributed by atoms with Crippen molar-refractivity contribution in [3.63, 3.8) is 0 Å². The van der Waals surface area contributed by atoms with Crippen LogP contribution in [0.2, 0.25) is 0 Å². The lowest BCUT2D eigenvalue weighted by molar-refractivity contribution is -0.386. The smallest absolute Gasteiger partial charge is 0.453 e. The van der Waals surface area contributed by atoms with Gasteiger partial charge < -0.3 is 10.5 Å². The Bertz CT molecular complexity index is 394. The van der Waals surface area contributed by atoms with Crippen molar-refractivity contribution in [2.75, 3.05) is 0 Å². The van der Waals surface area contributed by atoms with Crippen LogP contribution in [-0.4, -0.2) is 18.1 Å². The van der Waals surface area contributed by atoms with E-state index in [-0.39, 0.29) is 5.75 Å². The Morgan fingerprint density at radius 1 is 1.24 bits per heavy atom. The minimum atomic E-state index is -5.03. The highest BCUT2D eigenvalue weighted by Gasteiger charge is 2.46. The van der Waals surface area contributed by atoms with Crippen LogP contribution in [0.5, 0.6) is 5.75 Å². The molecule has 0 radical (unpaired) electrons. The lowest BCUT2D eigenvalue weighted by Crippen LogP contribution is -2.51. The van der Waals surface area contributed by atoms with Crippen molar-refractivity contribution in [1.82, 2.24) is 0 Å². The predicted octanol–water partition coefficient (Wildman–Crippen LogP) is 1.80. The summed E-state index contributed by atoms with van der Waals surface area (Å²) in [6.07, 6.45) is -5.03. The predicted molar refractivity (Wildman–Crippen MR) is 51.8 cm³/mol. The van der Waals surface area contributed by atoms with Gasteiger partial charge in [0.2, 0.25) is 0 Å². The van der Waals surface area contributed by atoms with Crippen molar-refractivity contribution >= 4 is 5.91 Å². The number of carbonyl (C=O) groups excluding carboxylic acids is 1. The highest BCUT2D eigenvalue weighted by Crippen LogP contribution is 2.27. The fourth-order valence-corrected chi connectivity index (χ4v) is 1.06. The molecule has 0 aliphatic rings. The van der Waals surface area contributed by atoms with E-state index in [1.165, 1.54) is 24.3 Å². The van der Waals surface area contributed by atoms with Crippen molar-refractivity contribution in [3.05, 3.63) is 30.3 Å². The number of alkyl halides is 3. The first-order valence-electron chi connectivity index (χ1n) is 4.54. The second kappa shape index (κ2) is 4.62. The van der Waals surface area contributed by atoms with Gasteiger partial charge in [-0.2, -0.15) is 0 Å². The summed E-state index contributed by atoms with van der Waals surface area (Å²) in [5.41, 5.74) is 4.84. The van der Waals surface area contributed by atoms with Gasteiger partial charge in [-0.25, -0.2) is 4.74 Å². The molecule has 0 aliphatic carbocycles. The summed E-state index contributed by atoms with van der Waals surface area (Å²) >= 11 is 0. The number of carbonyl (C=O) groups is 1. The number of amides is 1. The molecule has 94 valence electrons. The summed E-state index contributed by atoms with van der Waals surface area (Å²) in [5.74, 6) is -3.93. The molecule has 2 N–H and O–H groups in total. The number of ether oxygens (including phenoxy) is 2. The average molecular weight is 249 g/mol. The van der Waals surface area contributed by atoms with E-state index in [4.69, 9.17) is 10.5 Å². The van der Waals surface area contributed by atoms with Gasteiger partial charge in [0.15, 0.2) is 0 Å². The molecule has 1 aromatic rings. The largest absolute Gasteiger partial charge is 0.526 e. The van der Waals surface area contributed by atoms with Gasteiger partial charge in [-0.15, -0.1) is 13.2 Å². The molecular formula is C10H10F3NO3. The van der Waals surface area contributed by atoms with E-state index < -0.39 is 18.1 Å². The normalized spacial score (nSPS) is 15.1. The Morgan fingerprint density at radius 2 is 1.76 bits per heavy atom. The molecule has 7 heteroatoms. The monoisotopic (exact) mass is 249 g/mol. The van der Waals surface area contributed by atoms with E-state index in [0.29, 0.717) is 0 Å². The minimum Gasteiger partial charge on any atom is -0.453 e. The third-order valence-electron chi connectivity index (χ3n) is 1.81. The van der Waals surface area contributed by atoms with Gasteiger partial charge in [-0.3, -0.25) is 4.79 Å². The standard InChI is InChI=1S/C10H10F3NO3/c1-9(8(14)15,17-10(11,12)13)16-7-5-3-2-4-6-7/h2-6H,1H3,(H2,14,15). The maximum Gasteiger partial charge on any atom is 0.526 e. The van der Waals surface area contributed by atoms with Gasteiger partial charge in [-0.1, -0.05) is 18.2 Å². The molecule has 0 bridgehead atoms. The van der Waals surface area contributed by atoms with Crippen molar-refractivity contribution < 1.29 is 27.4 Å². The lowest BCUT2D eigenvalue weighted by Gasteiger charge is -2.27. The van der Waals surface area contributed by atoms with Gasteiger partial charge in [0.1, 0.15) is 5.75 Å².